The molecule has 0 saturated carbocycles. The van der Waals surface area contributed by atoms with Crippen molar-refractivity contribution in [1.29, 1.82) is 0 Å². The zero-order valence-corrected chi connectivity index (χ0v) is 20.8. The molecule has 180 valence electrons. The summed E-state index contributed by atoms with van der Waals surface area (Å²) in [5.74, 6) is -0.406. The van der Waals surface area contributed by atoms with Gasteiger partial charge in [0.05, 0.1) is 6.54 Å². The molecule has 0 radical (unpaired) electrons. The lowest BCUT2D eigenvalue weighted by molar-refractivity contribution is -0.133. The normalized spacial score (nSPS) is 11.1. The van der Waals surface area contributed by atoms with E-state index in [0.717, 1.165) is 21.2 Å². The van der Waals surface area contributed by atoms with Crippen molar-refractivity contribution in [3.8, 4) is 0 Å². The summed E-state index contributed by atoms with van der Waals surface area (Å²) < 4.78 is 13.4. The number of carbonyl (C=O) groups excluding carboxylic acids is 2. The Kier molecular flexibility index (Phi) is 7.93. The molecule has 6 heteroatoms. The Bertz CT molecular complexity index is 1280. The predicted octanol–water partition coefficient (Wildman–Crippen LogP) is 6.37. The van der Waals surface area contributed by atoms with Gasteiger partial charge in [0.15, 0.2) is 0 Å². The second-order valence-corrected chi connectivity index (χ2v) is 10.1. The number of amides is 2. The molecule has 1 aromatic heterocycles. The monoisotopic (exact) mass is 488 g/mol. The van der Waals surface area contributed by atoms with Crippen molar-refractivity contribution in [2.75, 3.05) is 13.1 Å². The highest BCUT2D eigenvalue weighted by atomic mass is 32.1. The van der Waals surface area contributed by atoms with Crippen molar-refractivity contribution in [1.82, 2.24) is 9.80 Å². The standard InChI is InChI=1S/C29H29FN2O2S/c1-21(2)17-32(29(34)27-11-5-8-23-7-3-4-10-26(23)27)20-28(33)31(19-25-9-6-16-35-25)18-22-12-14-24(30)15-13-22/h3-16,21H,17-20H2,1-2H3. The van der Waals surface area contributed by atoms with Crippen LogP contribution in [-0.4, -0.2) is 34.7 Å². The molecular formula is C29H29FN2O2S. The number of nitrogens with zero attached hydrogens (tertiary/aromatic N) is 2. The van der Waals surface area contributed by atoms with Crippen molar-refractivity contribution in [2.24, 2.45) is 5.92 Å². The Labute approximate surface area is 209 Å². The second-order valence-electron chi connectivity index (χ2n) is 9.06. The molecule has 0 aliphatic heterocycles. The molecule has 0 atom stereocenters. The van der Waals surface area contributed by atoms with Gasteiger partial charge in [-0.1, -0.05) is 68.4 Å². The topological polar surface area (TPSA) is 40.6 Å². The van der Waals surface area contributed by atoms with E-state index in [4.69, 9.17) is 0 Å². The number of carbonyl (C=O) groups is 2. The van der Waals surface area contributed by atoms with Crippen LogP contribution in [-0.2, 0) is 17.9 Å². The summed E-state index contributed by atoms with van der Waals surface area (Å²) in [6, 6.07) is 23.6. The highest BCUT2D eigenvalue weighted by molar-refractivity contribution is 7.09. The molecule has 4 rings (SSSR count). The summed E-state index contributed by atoms with van der Waals surface area (Å²) in [4.78, 5) is 31.7. The quantitative estimate of drug-likeness (QED) is 0.275. The first-order valence-corrected chi connectivity index (χ1v) is 12.6. The number of fused-ring (bicyclic) bond motifs is 1. The molecule has 35 heavy (non-hydrogen) atoms. The van der Waals surface area contributed by atoms with Crippen LogP contribution in [0.1, 0.15) is 34.6 Å². The van der Waals surface area contributed by atoms with E-state index in [1.807, 2.05) is 73.8 Å². The smallest absolute Gasteiger partial charge is 0.254 e. The van der Waals surface area contributed by atoms with Gasteiger partial charge in [-0.25, -0.2) is 4.39 Å². The molecule has 0 fully saturated rings. The molecular weight excluding hydrogens is 459 g/mol. The van der Waals surface area contributed by atoms with Crippen LogP contribution in [0.15, 0.2) is 84.2 Å². The van der Waals surface area contributed by atoms with Gasteiger partial charge >= 0.3 is 0 Å². The molecule has 4 nitrogen and oxygen atoms in total. The highest BCUT2D eigenvalue weighted by Gasteiger charge is 2.24. The van der Waals surface area contributed by atoms with E-state index in [2.05, 4.69) is 0 Å². The molecule has 0 unspecified atom stereocenters. The average molecular weight is 489 g/mol. The van der Waals surface area contributed by atoms with E-state index in [1.165, 1.54) is 12.1 Å². The summed E-state index contributed by atoms with van der Waals surface area (Å²) in [6.07, 6.45) is 0. The van der Waals surface area contributed by atoms with Gasteiger partial charge in [-0.2, -0.15) is 0 Å². The number of thiophene rings is 1. The molecule has 0 aliphatic carbocycles. The first-order valence-electron chi connectivity index (χ1n) is 11.7. The molecule has 0 bridgehead atoms. The zero-order valence-electron chi connectivity index (χ0n) is 20.0. The Morgan fingerprint density at radius 1 is 0.857 bits per heavy atom. The number of halogens is 1. The van der Waals surface area contributed by atoms with Crippen LogP contribution in [0.4, 0.5) is 4.39 Å². The maximum absolute atomic E-state index is 13.7. The Morgan fingerprint density at radius 3 is 2.31 bits per heavy atom. The summed E-state index contributed by atoms with van der Waals surface area (Å²) in [6.45, 7) is 5.30. The summed E-state index contributed by atoms with van der Waals surface area (Å²) in [5.41, 5.74) is 1.44. The molecule has 0 saturated heterocycles. The minimum absolute atomic E-state index is 0.0210. The molecule has 3 aromatic carbocycles. The largest absolute Gasteiger partial charge is 0.332 e. The molecule has 0 aliphatic rings. The van der Waals surface area contributed by atoms with Crippen LogP contribution in [0.2, 0.25) is 0 Å². The lowest BCUT2D eigenvalue weighted by atomic mass is 10.0. The van der Waals surface area contributed by atoms with Crippen molar-refractivity contribution in [3.63, 3.8) is 0 Å². The van der Waals surface area contributed by atoms with Crippen molar-refractivity contribution >= 4 is 33.9 Å². The number of rotatable bonds is 9. The predicted molar refractivity (Wildman–Crippen MR) is 140 cm³/mol. The maximum Gasteiger partial charge on any atom is 0.254 e. The summed E-state index contributed by atoms with van der Waals surface area (Å²) in [7, 11) is 0. The Hall–Kier alpha value is -3.51. The molecule has 4 aromatic rings. The Morgan fingerprint density at radius 2 is 1.60 bits per heavy atom. The minimum atomic E-state index is -0.311. The van der Waals surface area contributed by atoms with Gasteiger partial charge in [0.25, 0.3) is 5.91 Å². The van der Waals surface area contributed by atoms with Gasteiger partial charge in [-0.3, -0.25) is 9.59 Å². The average Bonchev–Trinajstić information content (AvgIpc) is 3.36. The Balaban J connectivity index is 1.60. The lowest BCUT2D eigenvalue weighted by Crippen LogP contribution is -2.43. The highest BCUT2D eigenvalue weighted by Crippen LogP contribution is 2.21. The van der Waals surface area contributed by atoms with E-state index < -0.39 is 0 Å². The van der Waals surface area contributed by atoms with Gasteiger partial charge < -0.3 is 9.80 Å². The molecule has 0 N–H and O–H groups in total. The van der Waals surface area contributed by atoms with Crippen LogP contribution in [0.3, 0.4) is 0 Å². The third kappa shape index (κ3) is 6.34. The van der Waals surface area contributed by atoms with E-state index in [-0.39, 0.29) is 30.1 Å². The van der Waals surface area contributed by atoms with E-state index in [0.29, 0.717) is 25.2 Å². The van der Waals surface area contributed by atoms with E-state index in [9.17, 15) is 14.0 Å². The fourth-order valence-corrected chi connectivity index (χ4v) is 4.86. The maximum atomic E-state index is 13.7. The SMILES string of the molecule is CC(C)CN(CC(=O)N(Cc1ccc(F)cc1)Cc1cccs1)C(=O)c1cccc2ccccc12. The molecule has 0 spiro atoms. The third-order valence-electron chi connectivity index (χ3n) is 5.79. The van der Waals surface area contributed by atoms with Gasteiger partial charge in [0.1, 0.15) is 12.4 Å². The third-order valence-corrected chi connectivity index (χ3v) is 6.65. The van der Waals surface area contributed by atoms with Crippen molar-refractivity contribution < 1.29 is 14.0 Å². The van der Waals surface area contributed by atoms with Crippen LogP contribution < -0.4 is 0 Å². The number of hydrogen-bond acceptors (Lipinski definition) is 3. The first-order chi connectivity index (χ1) is 16.9. The molecule has 1 heterocycles. The number of benzene rings is 3. The number of hydrogen-bond donors (Lipinski definition) is 0. The van der Waals surface area contributed by atoms with Gasteiger partial charge in [0.2, 0.25) is 5.91 Å². The minimum Gasteiger partial charge on any atom is -0.332 e. The van der Waals surface area contributed by atoms with Gasteiger partial charge in [0, 0.05) is 23.5 Å². The van der Waals surface area contributed by atoms with Crippen LogP contribution in [0.25, 0.3) is 10.8 Å². The van der Waals surface area contributed by atoms with E-state index in [1.54, 1.807) is 33.3 Å². The van der Waals surface area contributed by atoms with E-state index >= 15 is 0 Å². The van der Waals surface area contributed by atoms with Crippen LogP contribution >= 0.6 is 11.3 Å². The fourth-order valence-electron chi connectivity index (χ4n) is 4.14. The van der Waals surface area contributed by atoms with Gasteiger partial charge in [-0.15, -0.1) is 11.3 Å². The summed E-state index contributed by atoms with van der Waals surface area (Å²) >= 11 is 1.58. The molecule has 2 amide bonds. The van der Waals surface area contributed by atoms with Crippen molar-refractivity contribution in [2.45, 2.75) is 26.9 Å². The zero-order chi connectivity index (χ0) is 24.8. The second kappa shape index (κ2) is 11.3. The first kappa shape index (κ1) is 24.6. The van der Waals surface area contributed by atoms with Crippen molar-refractivity contribution in [3.05, 3.63) is 106 Å². The van der Waals surface area contributed by atoms with Crippen LogP contribution in [0.5, 0.6) is 0 Å². The lowest BCUT2D eigenvalue weighted by Gasteiger charge is -2.29. The van der Waals surface area contributed by atoms with Crippen LogP contribution in [0, 0.1) is 11.7 Å². The van der Waals surface area contributed by atoms with Gasteiger partial charge in [-0.05, 0) is 51.9 Å². The summed E-state index contributed by atoms with van der Waals surface area (Å²) in [5, 5.41) is 3.85. The fraction of sp³-hybridized carbons (Fsp3) is 0.241.